The Balaban J connectivity index is 1.36. The number of halogens is 1. The number of carbonyl (C=O) groups is 2. The number of nitrogens with zero attached hydrogens (tertiary/aromatic N) is 6. The Bertz CT molecular complexity index is 1650. The molecule has 214 valence electrons. The third-order valence-corrected chi connectivity index (χ3v) is 7.65. The molecule has 2 fully saturated rings. The van der Waals surface area contributed by atoms with Crippen LogP contribution in [0.15, 0.2) is 36.7 Å². The molecule has 0 spiro atoms. The number of fused-ring (bicyclic) bond motifs is 2. The molecule has 2 saturated heterocycles. The Hall–Kier alpha value is -4.32. The van der Waals surface area contributed by atoms with Crippen molar-refractivity contribution in [3.05, 3.63) is 48.0 Å². The number of likely N-dealkylation sites (tertiary alicyclic amines) is 1. The van der Waals surface area contributed by atoms with E-state index in [4.69, 9.17) is 9.72 Å². The zero-order valence-electron chi connectivity index (χ0n) is 23.5. The van der Waals surface area contributed by atoms with Gasteiger partial charge in [0.2, 0.25) is 5.91 Å². The zero-order chi connectivity index (χ0) is 28.8. The molecular weight excluding hydrogens is 527 g/mol. The summed E-state index contributed by atoms with van der Waals surface area (Å²) in [6.07, 6.45) is 3.83. The largest absolute Gasteiger partial charge is 0.458 e. The van der Waals surface area contributed by atoms with Gasteiger partial charge in [-0.1, -0.05) is 0 Å². The van der Waals surface area contributed by atoms with E-state index < -0.39 is 11.7 Å². The molecule has 2 N–H and O–H groups in total. The SMILES string of the molecule is CC(=O)N1CC[C@@H](Oc2ncc3c(N4C[C@@H](C)N[C@H](C)C4)ccc(C(=O)Nc4cc(F)c5nn(C)cc5c4)c3n2)C1. The van der Waals surface area contributed by atoms with Gasteiger partial charge >= 0.3 is 6.01 Å². The highest BCUT2D eigenvalue weighted by Crippen LogP contribution is 2.32. The molecule has 0 bridgehead atoms. The third-order valence-electron chi connectivity index (χ3n) is 7.65. The first-order valence-electron chi connectivity index (χ1n) is 13.8. The molecular formula is C29H33FN8O3. The Morgan fingerprint density at radius 3 is 2.63 bits per heavy atom. The molecule has 2 amide bonds. The normalized spacial score (nSPS) is 21.0. The van der Waals surface area contributed by atoms with Crippen LogP contribution in [0.25, 0.3) is 21.8 Å². The number of piperazine rings is 1. The number of rotatable bonds is 5. The lowest BCUT2D eigenvalue weighted by atomic mass is 10.0. The summed E-state index contributed by atoms with van der Waals surface area (Å²) in [5.41, 5.74) is 2.24. The average molecular weight is 561 g/mol. The molecule has 2 aliphatic rings. The second-order valence-electron chi connectivity index (χ2n) is 11.1. The van der Waals surface area contributed by atoms with Crippen LogP contribution in [0.4, 0.5) is 15.8 Å². The fraction of sp³-hybridized carbons (Fsp3) is 0.414. The van der Waals surface area contributed by atoms with Crippen LogP contribution < -0.4 is 20.3 Å². The van der Waals surface area contributed by atoms with Crippen molar-refractivity contribution in [1.82, 2.24) is 30.0 Å². The van der Waals surface area contributed by atoms with Crippen molar-refractivity contribution in [3.8, 4) is 6.01 Å². The van der Waals surface area contributed by atoms with Crippen molar-refractivity contribution >= 4 is 45.0 Å². The van der Waals surface area contributed by atoms with E-state index in [2.05, 4.69) is 39.5 Å². The molecule has 2 aromatic heterocycles. The number of carbonyl (C=O) groups excluding carboxylic acids is 2. The fourth-order valence-corrected chi connectivity index (χ4v) is 5.87. The monoisotopic (exact) mass is 560 g/mol. The first kappa shape index (κ1) is 26.9. The quantitative estimate of drug-likeness (QED) is 0.383. The van der Waals surface area contributed by atoms with Crippen LogP contribution in [-0.4, -0.2) is 80.8 Å². The van der Waals surface area contributed by atoms with Gasteiger partial charge in [0, 0.05) is 86.7 Å². The molecule has 4 aromatic rings. The van der Waals surface area contributed by atoms with Crippen molar-refractivity contribution in [2.45, 2.75) is 45.4 Å². The standard InChI is InChI=1S/C29H33FN8O3/c1-16-12-38(13-17(2)32-16)25-6-5-22(28(40)33-20-9-19-14-36(4)35-26(19)24(30)10-20)27-23(25)11-31-29(34-27)41-21-7-8-37(15-21)18(3)39/h5-6,9-11,14,16-17,21,32H,7-8,12-13,15H2,1-4H3,(H,33,40)/t16-,17-,21-/m1/s1. The molecule has 12 heteroatoms. The van der Waals surface area contributed by atoms with Crippen LogP contribution in [0.5, 0.6) is 6.01 Å². The van der Waals surface area contributed by atoms with E-state index in [1.165, 1.54) is 17.7 Å². The second kappa shape index (κ2) is 10.6. The number of anilines is 2. The van der Waals surface area contributed by atoms with E-state index in [1.807, 2.05) is 6.07 Å². The molecule has 6 rings (SSSR count). The van der Waals surface area contributed by atoms with E-state index in [-0.39, 0.29) is 35.6 Å². The summed E-state index contributed by atoms with van der Waals surface area (Å²) in [7, 11) is 1.72. The Morgan fingerprint density at radius 1 is 1.12 bits per heavy atom. The number of nitrogens with one attached hydrogen (secondary N) is 2. The molecule has 2 aliphatic heterocycles. The molecule has 0 radical (unpaired) electrons. The zero-order valence-corrected chi connectivity index (χ0v) is 23.5. The van der Waals surface area contributed by atoms with Crippen LogP contribution in [-0.2, 0) is 11.8 Å². The van der Waals surface area contributed by atoms with Gasteiger partial charge in [-0.3, -0.25) is 14.3 Å². The maximum Gasteiger partial charge on any atom is 0.317 e. The third kappa shape index (κ3) is 5.39. The maximum absolute atomic E-state index is 14.7. The molecule has 2 aromatic carbocycles. The van der Waals surface area contributed by atoms with Crippen molar-refractivity contribution in [2.75, 3.05) is 36.4 Å². The van der Waals surface area contributed by atoms with E-state index in [0.29, 0.717) is 41.7 Å². The van der Waals surface area contributed by atoms with Crippen LogP contribution in [0.2, 0.25) is 0 Å². The van der Waals surface area contributed by atoms with Gasteiger partial charge < -0.3 is 25.2 Å². The lowest BCUT2D eigenvalue weighted by molar-refractivity contribution is -0.128. The van der Waals surface area contributed by atoms with Crippen molar-refractivity contribution in [1.29, 1.82) is 0 Å². The highest BCUT2D eigenvalue weighted by atomic mass is 19.1. The van der Waals surface area contributed by atoms with Crippen LogP contribution in [0.3, 0.4) is 0 Å². The number of benzene rings is 2. The van der Waals surface area contributed by atoms with Gasteiger partial charge in [0.1, 0.15) is 11.6 Å². The summed E-state index contributed by atoms with van der Waals surface area (Å²) in [4.78, 5) is 38.6. The highest BCUT2D eigenvalue weighted by Gasteiger charge is 2.28. The molecule has 11 nitrogen and oxygen atoms in total. The predicted molar refractivity (Wildman–Crippen MR) is 154 cm³/mol. The molecule has 0 aliphatic carbocycles. The summed E-state index contributed by atoms with van der Waals surface area (Å²) in [5, 5.41) is 11.8. The van der Waals surface area contributed by atoms with Gasteiger partial charge in [0.25, 0.3) is 5.91 Å². The number of aryl methyl sites for hydroxylation is 1. The van der Waals surface area contributed by atoms with Gasteiger partial charge in [-0.05, 0) is 38.1 Å². The predicted octanol–water partition coefficient (Wildman–Crippen LogP) is 3.09. The number of hydrogen-bond acceptors (Lipinski definition) is 8. The van der Waals surface area contributed by atoms with E-state index in [1.54, 1.807) is 36.5 Å². The van der Waals surface area contributed by atoms with Gasteiger partial charge in [-0.25, -0.2) is 9.37 Å². The number of aromatic nitrogens is 4. The number of hydrogen-bond donors (Lipinski definition) is 2. The lowest BCUT2D eigenvalue weighted by Crippen LogP contribution is -2.54. The minimum Gasteiger partial charge on any atom is -0.458 e. The van der Waals surface area contributed by atoms with Crippen molar-refractivity contribution in [3.63, 3.8) is 0 Å². The van der Waals surface area contributed by atoms with Gasteiger partial charge in [-0.15, -0.1) is 0 Å². The average Bonchev–Trinajstić information content (AvgIpc) is 3.53. The fourth-order valence-electron chi connectivity index (χ4n) is 5.87. The molecule has 3 atom stereocenters. The van der Waals surface area contributed by atoms with Crippen LogP contribution >= 0.6 is 0 Å². The first-order valence-corrected chi connectivity index (χ1v) is 13.8. The lowest BCUT2D eigenvalue weighted by Gasteiger charge is -2.38. The number of amides is 2. The highest BCUT2D eigenvalue weighted by molar-refractivity contribution is 6.14. The van der Waals surface area contributed by atoms with Crippen LogP contribution in [0.1, 0.15) is 37.6 Å². The summed E-state index contributed by atoms with van der Waals surface area (Å²) in [6, 6.07) is 7.31. The van der Waals surface area contributed by atoms with E-state index in [9.17, 15) is 14.0 Å². The second-order valence-corrected chi connectivity index (χ2v) is 11.1. The van der Waals surface area contributed by atoms with Gasteiger partial charge in [-0.2, -0.15) is 10.1 Å². The number of ether oxygens (including phenoxy) is 1. The molecule has 0 unspecified atom stereocenters. The summed E-state index contributed by atoms with van der Waals surface area (Å²) in [5.74, 6) is -0.950. The van der Waals surface area contributed by atoms with Crippen molar-refractivity contribution in [2.24, 2.45) is 7.05 Å². The summed E-state index contributed by atoms with van der Waals surface area (Å²) >= 11 is 0. The van der Waals surface area contributed by atoms with E-state index >= 15 is 0 Å². The smallest absolute Gasteiger partial charge is 0.317 e. The van der Waals surface area contributed by atoms with Crippen LogP contribution in [0, 0.1) is 5.82 Å². The summed E-state index contributed by atoms with van der Waals surface area (Å²) < 4.78 is 22.3. The Morgan fingerprint density at radius 2 is 1.90 bits per heavy atom. The van der Waals surface area contributed by atoms with E-state index in [0.717, 1.165) is 24.2 Å². The topological polar surface area (TPSA) is 118 Å². The first-order chi connectivity index (χ1) is 19.6. The maximum atomic E-state index is 14.7. The Kier molecular flexibility index (Phi) is 6.94. The minimum atomic E-state index is -0.519. The minimum absolute atomic E-state index is 0.000449. The molecule has 41 heavy (non-hydrogen) atoms. The van der Waals surface area contributed by atoms with Crippen molar-refractivity contribution < 1.29 is 18.7 Å². The summed E-state index contributed by atoms with van der Waals surface area (Å²) in [6.45, 7) is 8.47. The molecule has 0 saturated carbocycles. The molecule has 4 heterocycles. The Labute approximate surface area is 236 Å². The van der Waals surface area contributed by atoms with Gasteiger partial charge in [0.05, 0.1) is 17.6 Å². The van der Waals surface area contributed by atoms with Gasteiger partial charge in [0.15, 0.2) is 5.82 Å².